The lowest BCUT2D eigenvalue weighted by atomic mass is 10.1. The number of nitrogens with zero attached hydrogens (tertiary/aromatic N) is 1. The van der Waals surface area contributed by atoms with Gasteiger partial charge in [0.15, 0.2) is 6.61 Å². The zero-order valence-corrected chi connectivity index (χ0v) is 17.2. The van der Waals surface area contributed by atoms with Gasteiger partial charge in [-0.15, -0.1) is 0 Å². The summed E-state index contributed by atoms with van der Waals surface area (Å²) in [6.07, 6.45) is 0.738. The summed E-state index contributed by atoms with van der Waals surface area (Å²) < 4.78 is 6.48. The number of carbonyl (C=O) groups is 2. The number of hydrogen-bond donors (Lipinski definition) is 1. The maximum absolute atomic E-state index is 12.5. The molecule has 29 heavy (non-hydrogen) atoms. The molecule has 3 aromatic carbocycles. The molecular weight excluding hydrogens is 432 g/mol. The van der Waals surface area contributed by atoms with Crippen LogP contribution < -0.4 is 15.0 Å². The first-order valence-corrected chi connectivity index (χ1v) is 10.1. The number of fused-ring (bicyclic) bond motifs is 1. The second kappa shape index (κ2) is 8.49. The zero-order chi connectivity index (χ0) is 20.2. The molecule has 0 spiro atoms. The van der Waals surface area contributed by atoms with E-state index in [2.05, 4.69) is 21.2 Å². The van der Waals surface area contributed by atoms with Gasteiger partial charge in [0.05, 0.1) is 5.69 Å². The number of halogens is 1. The van der Waals surface area contributed by atoms with Crippen LogP contribution in [0.4, 0.5) is 11.4 Å². The van der Waals surface area contributed by atoms with E-state index in [1.165, 1.54) is 0 Å². The largest absolute Gasteiger partial charge is 0.482 e. The molecule has 5 nitrogen and oxygen atoms in total. The van der Waals surface area contributed by atoms with E-state index in [-0.39, 0.29) is 18.4 Å². The average molecular weight is 451 g/mol. The lowest BCUT2D eigenvalue weighted by molar-refractivity contribution is -0.121. The predicted molar refractivity (Wildman–Crippen MR) is 117 cm³/mol. The summed E-state index contributed by atoms with van der Waals surface area (Å²) in [4.78, 5) is 26.7. The van der Waals surface area contributed by atoms with E-state index in [0.717, 1.165) is 16.5 Å². The van der Waals surface area contributed by atoms with Crippen molar-refractivity contribution in [1.29, 1.82) is 0 Å². The zero-order valence-electron chi connectivity index (χ0n) is 15.6. The maximum Gasteiger partial charge on any atom is 0.265 e. The van der Waals surface area contributed by atoms with Crippen LogP contribution in [0.3, 0.4) is 0 Å². The van der Waals surface area contributed by atoms with E-state index in [9.17, 15) is 9.59 Å². The molecule has 146 valence electrons. The number of carbonyl (C=O) groups excluding carboxylic acids is 2. The van der Waals surface area contributed by atoms with E-state index in [4.69, 9.17) is 4.74 Å². The molecule has 4 rings (SSSR count). The maximum atomic E-state index is 12.5. The van der Waals surface area contributed by atoms with Gasteiger partial charge in [0.1, 0.15) is 5.75 Å². The van der Waals surface area contributed by atoms with Crippen molar-refractivity contribution in [2.24, 2.45) is 0 Å². The van der Waals surface area contributed by atoms with Crippen molar-refractivity contribution in [3.8, 4) is 5.75 Å². The van der Waals surface area contributed by atoms with Crippen molar-refractivity contribution in [1.82, 2.24) is 0 Å². The van der Waals surface area contributed by atoms with Crippen molar-refractivity contribution in [3.63, 3.8) is 0 Å². The summed E-state index contributed by atoms with van der Waals surface area (Å²) in [6, 6.07) is 22.5. The fourth-order valence-electron chi connectivity index (χ4n) is 3.22. The Labute approximate surface area is 177 Å². The molecule has 0 atom stereocenters. The minimum absolute atomic E-state index is 0.0202. The van der Waals surface area contributed by atoms with Crippen molar-refractivity contribution in [3.05, 3.63) is 88.4 Å². The van der Waals surface area contributed by atoms with Crippen LogP contribution >= 0.6 is 15.9 Å². The molecule has 0 unspecified atom stereocenters. The van der Waals surface area contributed by atoms with Gasteiger partial charge in [0.25, 0.3) is 11.8 Å². The summed E-state index contributed by atoms with van der Waals surface area (Å²) in [5, 5.41) is 2.89. The highest BCUT2D eigenvalue weighted by molar-refractivity contribution is 9.10. The summed E-state index contributed by atoms with van der Waals surface area (Å²) in [5.74, 6) is 0.334. The Hall–Kier alpha value is -3.12. The molecule has 2 amide bonds. The fraction of sp³-hybridized carbons (Fsp3) is 0.130. The van der Waals surface area contributed by atoms with E-state index < -0.39 is 0 Å². The Morgan fingerprint density at radius 2 is 1.79 bits per heavy atom. The summed E-state index contributed by atoms with van der Waals surface area (Å²) in [7, 11) is 0. The topological polar surface area (TPSA) is 58.6 Å². The lowest BCUT2D eigenvalue weighted by Gasteiger charge is -2.30. The summed E-state index contributed by atoms with van der Waals surface area (Å²) >= 11 is 3.36. The van der Waals surface area contributed by atoms with Crippen LogP contribution in [0.1, 0.15) is 15.9 Å². The van der Waals surface area contributed by atoms with Crippen LogP contribution in [-0.2, 0) is 11.2 Å². The fourth-order valence-corrected chi connectivity index (χ4v) is 3.48. The molecule has 0 bridgehead atoms. The monoisotopic (exact) mass is 450 g/mol. The molecule has 1 N–H and O–H groups in total. The first-order valence-electron chi connectivity index (χ1n) is 9.28. The van der Waals surface area contributed by atoms with E-state index in [1.54, 1.807) is 35.2 Å². The van der Waals surface area contributed by atoms with Gasteiger partial charge in [0, 0.05) is 22.3 Å². The summed E-state index contributed by atoms with van der Waals surface area (Å²) in [5.41, 5.74) is 3.00. The van der Waals surface area contributed by atoms with Gasteiger partial charge in [-0.3, -0.25) is 9.59 Å². The number of amides is 2. The minimum atomic E-state index is -0.212. The van der Waals surface area contributed by atoms with E-state index >= 15 is 0 Å². The normalized spacial score (nSPS) is 12.9. The molecular formula is C23H19BrN2O3. The number of nitrogens with one attached hydrogen (secondary N) is 1. The molecule has 3 aromatic rings. The van der Waals surface area contributed by atoms with E-state index in [1.807, 2.05) is 42.5 Å². The Balaban J connectivity index is 1.53. The van der Waals surface area contributed by atoms with Crippen LogP contribution in [-0.4, -0.2) is 25.0 Å². The minimum Gasteiger partial charge on any atom is -0.482 e. The molecule has 1 aliphatic heterocycles. The first-order chi connectivity index (χ1) is 14.1. The van der Waals surface area contributed by atoms with Crippen molar-refractivity contribution in [2.75, 3.05) is 23.4 Å². The second-order valence-electron chi connectivity index (χ2n) is 6.71. The Kier molecular flexibility index (Phi) is 5.62. The van der Waals surface area contributed by atoms with Gasteiger partial charge in [-0.2, -0.15) is 0 Å². The van der Waals surface area contributed by atoms with E-state index in [0.29, 0.717) is 29.2 Å². The van der Waals surface area contributed by atoms with Crippen molar-refractivity contribution >= 4 is 39.1 Å². The third-order valence-corrected chi connectivity index (χ3v) is 5.26. The van der Waals surface area contributed by atoms with Crippen LogP contribution in [0.5, 0.6) is 5.75 Å². The molecule has 0 aromatic heterocycles. The molecule has 1 heterocycles. The van der Waals surface area contributed by atoms with Gasteiger partial charge >= 0.3 is 0 Å². The Morgan fingerprint density at radius 3 is 2.55 bits per heavy atom. The van der Waals surface area contributed by atoms with Gasteiger partial charge in [0.2, 0.25) is 0 Å². The third-order valence-electron chi connectivity index (χ3n) is 4.73. The Bertz CT molecular complexity index is 1040. The highest BCUT2D eigenvalue weighted by atomic mass is 79.9. The van der Waals surface area contributed by atoms with Crippen molar-refractivity contribution < 1.29 is 14.3 Å². The summed E-state index contributed by atoms with van der Waals surface area (Å²) in [6.45, 7) is 0.565. The number of ether oxygens (including phenoxy) is 1. The highest BCUT2D eigenvalue weighted by Crippen LogP contribution is 2.35. The second-order valence-corrected chi connectivity index (χ2v) is 7.63. The predicted octanol–water partition coefficient (Wildman–Crippen LogP) is 4.67. The third kappa shape index (κ3) is 4.49. The van der Waals surface area contributed by atoms with Crippen LogP contribution in [0.25, 0.3) is 0 Å². The number of benzene rings is 3. The van der Waals surface area contributed by atoms with Gasteiger partial charge < -0.3 is 15.0 Å². The molecule has 0 fully saturated rings. The van der Waals surface area contributed by atoms with Gasteiger partial charge in [-0.25, -0.2) is 0 Å². The highest BCUT2D eigenvalue weighted by Gasteiger charge is 2.25. The standard InChI is InChI=1S/C23H19BrN2O3/c24-18-8-6-17(7-9-18)23(28)25-19-10-11-21-20(14-19)26(22(27)15-29-21)13-12-16-4-2-1-3-5-16/h1-11,14H,12-13,15H2,(H,25,28). The van der Waals surface area contributed by atoms with Crippen LogP contribution in [0.15, 0.2) is 77.3 Å². The molecule has 0 saturated carbocycles. The molecule has 6 heteroatoms. The van der Waals surface area contributed by atoms with Crippen LogP contribution in [0.2, 0.25) is 0 Å². The van der Waals surface area contributed by atoms with Crippen LogP contribution in [0, 0.1) is 0 Å². The Morgan fingerprint density at radius 1 is 1.03 bits per heavy atom. The first kappa shape index (κ1) is 19.2. The molecule has 0 saturated heterocycles. The number of hydrogen-bond acceptors (Lipinski definition) is 3. The molecule has 1 aliphatic rings. The lowest BCUT2D eigenvalue weighted by Crippen LogP contribution is -2.40. The number of rotatable bonds is 5. The molecule has 0 radical (unpaired) electrons. The van der Waals surface area contributed by atoms with Gasteiger partial charge in [-0.05, 0) is 54.4 Å². The smallest absolute Gasteiger partial charge is 0.265 e. The van der Waals surface area contributed by atoms with Gasteiger partial charge in [-0.1, -0.05) is 46.3 Å². The molecule has 0 aliphatic carbocycles. The average Bonchev–Trinajstić information content (AvgIpc) is 2.74. The number of anilines is 2. The van der Waals surface area contributed by atoms with Crippen molar-refractivity contribution in [2.45, 2.75) is 6.42 Å². The quantitative estimate of drug-likeness (QED) is 0.614. The SMILES string of the molecule is O=C(Nc1ccc2c(c1)N(CCc1ccccc1)C(=O)CO2)c1ccc(Br)cc1.